The number of carboxylic acids is 1. The minimum absolute atomic E-state index is 0.441. The lowest BCUT2D eigenvalue weighted by Gasteiger charge is -2.12. The fraction of sp³-hybridized carbons (Fsp3) is 0.286. The van der Waals surface area contributed by atoms with Crippen LogP contribution < -0.4 is 0 Å². The first-order chi connectivity index (χ1) is 9.06. The third-order valence-electron chi connectivity index (χ3n) is 2.86. The number of thiazole rings is 1. The summed E-state index contributed by atoms with van der Waals surface area (Å²) in [5.74, 6) is -1.21. The average molecular weight is 340 g/mol. The van der Waals surface area contributed by atoms with Gasteiger partial charge in [0.05, 0.1) is 10.9 Å². The van der Waals surface area contributed by atoms with Crippen LogP contribution in [0.25, 0.3) is 0 Å². The molecule has 0 aliphatic heterocycles. The molecule has 0 fully saturated rings. The molecule has 0 aliphatic rings. The normalized spacial score (nSPS) is 12.3. The number of benzene rings is 1. The van der Waals surface area contributed by atoms with Crippen LogP contribution in [0.3, 0.4) is 0 Å². The molecule has 3 nitrogen and oxygen atoms in total. The van der Waals surface area contributed by atoms with Crippen LogP contribution in [0.2, 0.25) is 0 Å². The molecule has 1 unspecified atom stereocenters. The Balaban J connectivity index is 2.13. The van der Waals surface area contributed by atoms with E-state index >= 15 is 0 Å². The molecule has 0 aliphatic carbocycles. The third kappa shape index (κ3) is 3.88. The van der Waals surface area contributed by atoms with Crippen LogP contribution >= 0.6 is 27.3 Å². The van der Waals surface area contributed by atoms with Crippen molar-refractivity contribution in [1.82, 2.24) is 4.98 Å². The second-order valence-electron chi connectivity index (χ2n) is 4.42. The van der Waals surface area contributed by atoms with Gasteiger partial charge in [0.15, 0.2) is 0 Å². The molecule has 0 radical (unpaired) electrons. The van der Waals surface area contributed by atoms with Crippen molar-refractivity contribution in [2.24, 2.45) is 5.92 Å². The van der Waals surface area contributed by atoms with E-state index in [4.69, 9.17) is 0 Å². The van der Waals surface area contributed by atoms with Gasteiger partial charge in [-0.3, -0.25) is 4.79 Å². The molecule has 1 aromatic heterocycles. The van der Waals surface area contributed by atoms with Crippen LogP contribution in [0.1, 0.15) is 16.3 Å². The van der Waals surface area contributed by atoms with Crippen LogP contribution in [-0.4, -0.2) is 16.1 Å². The van der Waals surface area contributed by atoms with Crippen molar-refractivity contribution in [2.45, 2.75) is 19.8 Å². The lowest BCUT2D eigenvalue weighted by atomic mass is 9.96. The van der Waals surface area contributed by atoms with Crippen molar-refractivity contribution in [3.05, 3.63) is 50.4 Å². The summed E-state index contributed by atoms with van der Waals surface area (Å²) in [6, 6.07) is 7.73. The molecule has 0 bridgehead atoms. The van der Waals surface area contributed by atoms with Crippen LogP contribution in [0.4, 0.5) is 0 Å². The van der Waals surface area contributed by atoms with Crippen LogP contribution in [0, 0.1) is 12.8 Å². The Bertz CT molecular complexity index is 582. The first-order valence-corrected chi connectivity index (χ1v) is 7.60. The van der Waals surface area contributed by atoms with Crippen molar-refractivity contribution in [1.29, 1.82) is 0 Å². The molecule has 2 rings (SSSR count). The van der Waals surface area contributed by atoms with Gasteiger partial charge in [-0.05, 0) is 25.0 Å². The highest BCUT2D eigenvalue weighted by Gasteiger charge is 2.21. The lowest BCUT2D eigenvalue weighted by molar-refractivity contribution is -0.141. The standard InChI is InChI=1S/C14H14BrNO2S/c1-9-8-19-13(16-9)7-11(14(17)18)6-10-4-2-3-5-12(10)15/h2-5,8,11H,6-7H2,1H3,(H,17,18). The number of carbonyl (C=O) groups is 1. The third-order valence-corrected chi connectivity index (χ3v) is 4.62. The Labute approximate surface area is 124 Å². The van der Waals surface area contributed by atoms with Gasteiger partial charge in [-0.2, -0.15) is 0 Å². The van der Waals surface area contributed by atoms with E-state index in [2.05, 4.69) is 20.9 Å². The Hall–Kier alpha value is -1.20. The van der Waals surface area contributed by atoms with E-state index in [1.54, 1.807) is 0 Å². The van der Waals surface area contributed by atoms with E-state index in [9.17, 15) is 9.90 Å². The molecule has 1 heterocycles. The quantitative estimate of drug-likeness (QED) is 0.903. The highest BCUT2D eigenvalue weighted by atomic mass is 79.9. The molecular formula is C14H14BrNO2S. The van der Waals surface area contributed by atoms with Gasteiger partial charge in [-0.1, -0.05) is 34.1 Å². The molecular weight excluding hydrogens is 326 g/mol. The van der Waals surface area contributed by atoms with Gasteiger partial charge in [-0.25, -0.2) is 4.98 Å². The lowest BCUT2D eigenvalue weighted by Crippen LogP contribution is -2.19. The zero-order valence-electron chi connectivity index (χ0n) is 10.5. The van der Waals surface area contributed by atoms with Crippen molar-refractivity contribution >= 4 is 33.2 Å². The maximum Gasteiger partial charge on any atom is 0.307 e. The number of aryl methyl sites for hydroxylation is 1. The number of carboxylic acid groups (broad SMARTS) is 1. The SMILES string of the molecule is Cc1csc(CC(Cc2ccccc2Br)C(=O)O)n1. The summed E-state index contributed by atoms with van der Waals surface area (Å²) in [5, 5.41) is 12.2. The van der Waals surface area contributed by atoms with Crippen LogP contribution in [0.5, 0.6) is 0 Å². The summed E-state index contributed by atoms with van der Waals surface area (Å²) in [6.07, 6.45) is 0.991. The second-order valence-corrected chi connectivity index (χ2v) is 6.21. The molecule has 0 spiro atoms. The maximum atomic E-state index is 11.4. The summed E-state index contributed by atoms with van der Waals surface area (Å²) in [6.45, 7) is 1.92. The molecule has 0 saturated heterocycles. The van der Waals surface area contributed by atoms with E-state index in [1.807, 2.05) is 36.6 Å². The van der Waals surface area contributed by atoms with Crippen molar-refractivity contribution in [3.63, 3.8) is 0 Å². The highest BCUT2D eigenvalue weighted by Crippen LogP contribution is 2.23. The molecule has 1 N–H and O–H groups in total. The average Bonchev–Trinajstić information content (AvgIpc) is 2.76. The maximum absolute atomic E-state index is 11.4. The zero-order valence-corrected chi connectivity index (χ0v) is 12.9. The molecule has 1 aromatic carbocycles. The van der Waals surface area contributed by atoms with Crippen molar-refractivity contribution < 1.29 is 9.90 Å². The first kappa shape index (κ1) is 14.2. The smallest absolute Gasteiger partial charge is 0.307 e. The summed E-state index contributed by atoms with van der Waals surface area (Å²) in [5.41, 5.74) is 1.97. The van der Waals surface area contributed by atoms with Crippen molar-refractivity contribution in [3.8, 4) is 0 Å². The van der Waals surface area contributed by atoms with E-state index in [-0.39, 0.29) is 0 Å². The molecule has 0 saturated carbocycles. The number of halogens is 1. The number of aliphatic carboxylic acids is 1. The summed E-state index contributed by atoms with van der Waals surface area (Å²) in [4.78, 5) is 15.7. The Morgan fingerprint density at radius 2 is 2.16 bits per heavy atom. The van der Waals surface area contributed by atoms with Crippen molar-refractivity contribution in [2.75, 3.05) is 0 Å². The summed E-state index contributed by atoms with van der Waals surface area (Å²) >= 11 is 4.98. The zero-order chi connectivity index (χ0) is 13.8. The monoisotopic (exact) mass is 339 g/mol. The Kier molecular flexibility index (Phi) is 4.71. The van der Waals surface area contributed by atoms with Gasteiger partial charge < -0.3 is 5.11 Å². The number of nitrogens with zero attached hydrogens (tertiary/aromatic N) is 1. The topological polar surface area (TPSA) is 50.2 Å². The minimum Gasteiger partial charge on any atom is -0.481 e. The van der Waals surface area contributed by atoms with Gasteiger partial charge in [0, 0.05) is 22.0 Å². The van der Waals surface area contributed by atoms with Crippen LogP contribution in [0.15, 0.2) is 34.1 Å². The number of rotatable bonds is 5. The van der Waals surface area contributed by atoms with E-state index in [0.29, 0.717) is 12.8 Å². The number of hydrogen-bond donors (Lipinski definition) is 1. The molecule has 19 heavy (non-hydrogen) atoms. The molecule has 1 atom stereocenters. The first-order valence-electron chi connectivity index (χ1n) is 5.93. The van der Waals surface area contributed by atoms with Gasteiger partial charge in [0.1, 0.15) is 0 Å². The van der Waals surface area contributed by atoms with E-state index < -0.39 is 11.9 Å². The molecule has 100 valence electrons. The largest absolute Gasteiger partial charge is 0.481 e. The summed E-state index contributed by atoms with van der Waals surface area (Å²) < 4.78 is 0.955. The Morgan fingerprint density at radius 1 is 1.42 bits per heavy atom. The minimum atomic E-state index is -0.774. The molecule has 5 heteroatoms. The number of hydrogen-bond acceptors (Lipinski definition) is 3. The predicted molar refractivity (Wildman–Crippen MR) is 79.5 cm³/mol. The molecule has 2 aromatic rings. The van der Waals surface area contributed by atoms with Gasteiger partial charge in [-0.15, -0.1) is 11.3 Å². The van der Waals surface area contributed by atoms with Crippen LogP contribution in [-0.2, 0) is 17.6 Å². The fourth-order valence-electron chi connectivity index (χ4n) is 1.88. The Morgan fingerprint density at radius 3 is 2.74 bits per heavy atom. The van der Waals surface area contributed by atoms with E-state index in [0.717, 1.165) is 20.7 Å². The van der Waals surface area contributed by atoms with E-state index in [1.165, 1.54) is 11.3 Å². The highest BCUT2D eigenvalue weighted by molar-refractivity contribution is 9.10. The van der Waals surface area contributed by atoms with Gasteiger partial charge in [0.25, 0.3) is 0 Å². The van der Waals surface area contributed by atoms with Gasteiger partial charge >= 0.3 is 5.97 Å². The summed E-state index contributed by atoms with van der Waals surface area (Å²) in [7, 11) is 0. The fourth-order valence-corrected chi connectivity index (χ4v) is 3.18. The predicted octanol–water partition coefficient (Wildman–Crippen LogP) is 3.70. The second kappa shape index (κ2) is 6.30. The van der Waals surface area contributed by atoms with Gasteiger partial charge in [0.2, 0.25) is 0 Å². The number of aromatic nitrogens is 1. The molecule has 0 amide bonds.